The maximum Gasteiger partial charge on any atom is 0.330 e. The van der Waals surface area contributed by atoms with E-state index >= 15 is 0 Å². The maximum atomic E-state index is 13.0. The molecule has 0 aliphatic heterocycles. The Bertz CT molecular complexity index is 1060. The molecule has 0 radical (unpaired) electrons. The zero-order chi connectivity index (χ0) is 19.7. The fourth-order valence-corrected chi connectivity index (χ4v) is 3.42. The van der Waals surface area contributed by atoms with Gasteiger partial charge in [-0.25, -0.2) is 4.79 Å². The molecule has 0 aliphatic carbocycles. The minimum absolute atomic E-state index is 0.0216. The molecule has 0 aromatic carbocycles. The molecule has 10 heteroatoms. The summed E-state index contributed by atoms with van der Waals surface area (Å²) in [5.74, 6) is 0.705. The molecule has 0 saturated heterocycles. The number of halogens is 1. The predicted octanol–water partition coefficient (Wildman–Crippen LogP) is 1.28. The summed E-state index contributed by atoms with van der Waals surface area (Å²) in [5.41, 5.74) is 8.56. The number of anilines is 1. The van der Waals surface area contributed by atoms with Gasteiger partial charge in [-0.2, -0.15) is 9.97 Å². The molecule has 144 valence electrons. The summed E-state index contributed by atoms with van der Waals surface area (Å²) in [4.78, 5) is 25.6. The molecule has 3 N–H and O–H groups in total. The van der Waals surface area contributed by atoms with Crippen LogP contribution in [0.4, 0.5) is 5.95 Å². The fraction of sp³-hybridized carbons (Fsp3) is 0.412. The van der Waals surface area contributed by atoms with E-state index in [0.29, 0.717) is 23.3 Å². The highest BCUT2D eigenvalue weighted by atomic mass is 35.5. The van der Waals surface area contributed by atoms with Crippen molar-refractivity contribution in [3.8, 4) is 5.75 Å². The number of fused-ring (bicyclic) bond motifs is 1. The molecule has 3 aromatic rings. The van der Waals surface area contributed by atoms with Crippen molar-refractivity contribution in [2.45, 2.75) is 33.4 Å². The van der Waals surface area contributed by atoms with Crippen LogP contribution in [0.1, 0.15) is 23.2 Å². The zero-order valence-corrected chi connectivity index (χ0v) is 16.1. The molecule has 0 fully saturated rings. The van der Waals surface area contributed by atoms with Crippen molar-refractivity contribution in [2.75, 3.05) is 19.5 Å². The molecule has 0 amide bonds. The van der Waals surface area contributed by atoms with Gasteiger partial charge in [0.15, 0.2) is 10.8 Å². The van der Waals surface area contributed by atoms with Crippen LogP contribution in [0.25, 0.3) is 11.2 Å². The van der Waals surface area contributed by atoms with Crippen LogP contribution in [-0.4, -0.2) is 42.9 Å². The first-order chi connectivity index (χ1) is 12.9. The van der Waals surface area contributed by atoms with E-state index in [1.165, 1.54) is 9.13 Å². The van der Waals surface area contributed by atoms with Crippen LogP contribution < -0.4 is 16.2 Å². The van der Waals surface area contributed by atoms with E-state index < -0.39 is 0 Å². The Balaban J connectivity index is 2.21. The Labute approximate surface area is 160 Å². The van der Waals surface area contributed by atoms with Crippen molar-refractivity contribution in [2.24, 2.45) is 0 Å². The first kappa shape index (κ1) is 19.1. The Hall–Kier alpha value is -2.65. The van der Waals surface area contributed by atoms with Crippen molar-refractivity contribution >= 4 is 28.7 Å². The molecule has 0 aliphatic rings. The summed E-state index contributed by atoms with van der Waals surface area (Å²) >= 11 is 6.23. The lowest BCUT2D eigenvalue weighted by atomic mass is 10.1. The lowest BCUT2D eigenvalue weighted by Crippen LogP contribution is -2.26. The van der Waals surface area contributed by atoms with Crippen LogP contribution in [0.3, 0.4) is 0 Å². The number of hydrogen-bond acceptors (Lipinski definition) is 7. The number of methoxy groups -OCH3 is 1. The monoisotopic (exact) mass is 392 g/mol. The van der Waals surface area contributed by atoms with Gasteiger partial charge in [0, 0.05) is 30.5 Å². The highest BCUT2D eigenvalue weighted by molar-refractivity contribution is 6.33. The van der Waals surface area contributed by atoms with Gasteiger partial charge in [-0.05, 0) is 20.3 Å². The van der Waals surface area contributed by atoms with Crippen molar-refractivity contribution in [3.63, 3.8) is 0 Å². The SMILES string of the molecule is COc1c(C)cnc(Cn2c(=O)n(CCCO)c3c(Cl)nc(N)nc32)c1C. The molecule has 9 nitrogen and oxygen atoms in total. The summed E-state index contributed by atoms with van der Waals surface area (Å²) in [6.45, 7) is 4.21. The quantitative estimate of drug-likeness (QED) is 0.606. The lowest BCUT2D eigenvalue weighted by Gasteiger charge is -2.12. The summed E-state index contributed by atoms with van der Waals surface area (Å²) < 4.78 is 8.35. The van der Waals surface area contributed by atoms with Gasteiger partial charge in [0.2, 0.25) is 5.95 Å². The van der Waals surface area contributed by atoms with Crippen LogP contribution >= 0.6 is 11.6 Å². The normalized spacial score (nSPS) is 11.3. The number of imidazole rings is 1. The average molecular weight is 393 g/mol. The number of aliphatic hydroxyl groups is 1. The molecular formula is C17H21ClN6O3. The van der Waals surface area contributed by atoms with Gasteiger partial charge in [0.25, 0.3) is 0 Å². The van der Waals surface area contributed by atoms with E-state index in [1.807, 2.05) is 13.8 Å². The van der Waals surface area contributed by atoms with Crippen molar-refractivity contribution in [1.82, 2.24) is 24.1 Å². The summed E-state index contributed by atoms with van der Waals surface area (Å²) in [5, 5.41) is 9.23. The molecule has 0 saturated carbocycles. The third-order valence-corrected chi connectivity index (χ3v) is 4.69. The Morgan fingerprint density at radius 1 is 1.30 bits per heavy atom. The van der Waals surface area contributed by atoms with Crippen LogP contribution in [0.15, 0.2) is 11.0 Å². The van der Waals surface area contributed by atoms with Crippen molar-refractivity contribution < 1.29 is 9.84 Å². The van der Waals surface area contributed by atoms with Crippen LogP contribution in [0.5, 0.6) is 5.75 Å². The first-order valence-electron chi connectivity index (χ1n) is 8.41. The standard InChI is InChI=1S/C17H21ClN6O3/c1-9-7-20-11(10(2)13(9)27-3)8-24-15-12(14(18)21-16(19)22-15)23(17(24)26)5-4-6-25/h7,25H,4-6,8H2,1-3H3,(H2,19,21,22). The van der Waals surface area contributed by atoms with E-state index in [1.54, 1.807) is 13.3 Å². The smallest absolute Gasteiger partial charge is 0.330 e. The molecule has 0 unspecified atom stereocenters. The second-order valence-corrected chi connectivity index (χ2v) is 6.55. The molecule has 3 rings (SSSR count). The van der Waals surface area contributed by atoms with Crippen LogP contribution in [0.2, 0.25) is 5.15 Å². The van der Waals surface area contributed by atoms with E-state index in [2.05, 4.69) is 15.0 Å². The van der Waals surface area contributed by atoms with Crippen LogP contribution in [0, 0.1) is 13.8 Å². The molecule has 3 heterocycles. The van der Waals surface area contributed by atoms with E-state index in [0.717, 1.165) is 16.9 Å². The number of nitrogens with two attached hydrogens (primary N) is 1. The third kappa shape index (κ3) is 3.35. The molecular weight excluding hydrogens is 372 g/mol. The number of nitrogens with zero attached hydrogens (tertiary/aromatic N) is 5. The molecule has 0 bridgehead atoms. The molecule has 0 spiro atoms. The van der Waals surface area contributed by atoms with Gasteiger partial charge in [0.1, 0.15) is 11.3 Å². The van der Waals surface area contributed by atoms with Gasteiger partial charge < -0.3 is 15.6 Å². The number of nitrogen functional groups attached to an aromatic ring is 1. The van der Waals surface area contributed by atoms with Crippen LogP contribution in [-0.2, 0) is 13.1 Å². The predicted molar refractivity (Wildman–Crippen MR) is 102 cm³/mol. The highest BCUT2D eigenvalue weighted by Crippen LogP contribution is 2.26. The second kappa shape index (κ2) is 7.53. The number of pyridine rings is 1. The molecule has 27 heavy (non-hydrogen) atoms. The van der Waals surface area contributed by atoms with E-state index in [9.17, 15) is 4.79 Å². The summed E-state index contributed by atoms with van der Waals surface area (Å²) in [6, 6.07) is 0. The molecule has 3 aromatic heterocycles. The lowest BCUT2D eigenvalue weighted by molar-refractivity contribution is 0.279. The second-order valence-electron chi connectivity index (χ2n) is 6.19. The topological polar surface area (TPSA) is 121 Å². The summed E-state index contributed by atoms with van der Waals surface area (Å²) in [6.07, 6.45) is 2.10. The fourth-order valence-electron chi connectivity index (χ4n) is 3.14. The number of ether oxygens (including phenoxy) is 1. The Morgan fingerprint density at radius 3 is 2.70 bits per heavy atom. The van der Waals surface area contributed by atoms with Gasteiger partial charge in [-0.3, -0.25) is 14.1 Å². The van der Waals surface area contributed by atoms with Gasteiger partial charge in [-0.15, -0.1) is 0 Å². The number of aromatic nitrogens is 5. The van der Waals surface area contributed by atoms with Crippen molar-refractivity contribution in [1.29, 1.82) is 0 Å². The minimum atomic E-state index is -0.319. The van der Waals surface area contributed by atoms with Gasteiger partial charge >= 0.3 is 5.69 Å². The van der Waals surface area contributed by atoms with Gasteiger partial charge in [0.05, 0.1) is 19.3 Å². The first-order valence-corrected chi connectivity index (χ1v) is 8.78. The number of rotatable bonds is 6. The highest BCUT2D eigenvalue weighted by Gasteiger charge is 2.20. The summed E-state index contributed by atoms with van der Waals surface area (Å²) in [7, 11) is 1.60. The maximum absolute atomic E-state index is 13.0. The van der Waals surface area contributed by atoms with Gasteiger partial charge in [-0.1, -0.05) is 11.6 Å². The largest absolute Gasteiger partial charge is 0.496 e. The van der Waals surface area contributed by atoms with E-state index in [4.69, 9.17) is 27.2 Å². The number of aryl methyl sites for hydroxylation is 2. The minimum Gasteiger partial charge on any atom is -0.496 e. The van der Waals surface area contributed by atoms with E-state index in [-0.39, 0.29) is 36.5 Å². The Morgan fingerprint density at radius 2 is 2.04 bits per heavy atom. The zero-order valence-electron chi connectivity index (χ0n) is 15.4. The number of aliphatic hydroxyl groups excluding tert-OH is 1. The molecule has 0 atom stereocenters. The Kier molecular flexibility index (Phi) is 5.33. The number of hydrogen-bond donors (Lipinski definition) is 2. The average Bonchev–Trinajstić information content (AvgIpc) is 2.88. The van der Waals surface area contributed by atoms with Crippen molar-refractivity contribution in [3.05, 3.63) is 38.7 Å². The third-order valence-electron chi connectivity index (χ3n) is 4.43.